The van der Waals surface area contributed by atoms with Gasteiger partial charge < -0.3 is 4.90 Å². The Kier molecular flexibility index (Phi) is 5.49. The number of carbonyl (C=O) groups is 1. The summed E-state index contributed by atoms with van der Waals surface area (Å²) in [4.78, 5) is 14.2. The summed E-state index contributed by atoms with van der Waals surface area (Å²) in [5, 5.41) is 5.29. The molecule has 0 unspecified atom stereocenters. The van der Waals surface area contributed by atoms with Crippen molar-refractivity contribution >= 4 is 15.9 Å². The zero-order valence-corrected chi connectivity index (χ0v) is 15.6. The minimum Gasteiger partial charge on any atom is -0.339 e. The molecule has 1 saturated heterocycles. The number of piperidine rings is 1. The lowest BCUT2D eigenvalue weighted by molar-refractivity contribution is -0.137. The van der Waals surface area contributed by atoms with Crippen molar-refractivity contribution in [3.63, 3.8) is 0 Å². The van der Waals surface area contributed by atoms with E-state index >= 15 is 0 Å². The van der Waals surface area contributed by atoms with Gasteiger partial charge in [-0.2, -0.15) is 13.2 Å². The largest absolute Gasteiger partial charge is 0.416 e. The topological polar surface area (TPSA) is 80.5 Å². The second-order valence-electron chi connectivity index (χ2n) is 6.72. The Hall–Kier alpha value is -2.39. The molecule has 28 heavy (non-hydrogen) atoms. The highest BCUT2D eigenvalue weighted by atomic mass is 32.2. The summed E-state index contributed by atoms with van der Waals surface area (Å²) in [6.07, 6.45) is -3.37. The number of halogens is 3. The van der Waals surface area contributed by atoms with Crippen LogP contribution in [0.15, 0.2) is 53.4 Å². The van der Waals surface area contributed by atoms with Gasteiger partial charge in [-0.25, -0.2) is 13.6 Å². The Bertz CT molecular complexity index is 965. The second kappa shape index (κ2) is 7.56. The molecule has 1 aliphatic rings. The van der Waals surface area contributed by atoms with E-state index in [2.05, 4.69) is 0 Å². The summed E-state index contributed by atoms with van der Waals surface area (Å²) in [7, 11) is -3.84. The Morgan fingerprint density at radius 2 is 1.57 bits per heavy atom. The van der Waals surface area contributed by atoms with Crippen LogP contribution in [0.5, 0.6) is 0 Å². The molecule has 0 bridgehead atoms. The minimum absolute atomic E-state index is 0.0637. The van der Waals surface area contributed by atoms with E-state index in [-0.39, 0.29) is 22.3 Å². The van der Waals surface area contributed by atoms with Crippen LogP contribution in [0.25, 0.3) is 0 Å². The van der Waals surface area contributed by atoms with E-state index in [1.54, 1.807) is 23.1 Å². The molecule has 0 radical (unpaired) electrons. The number of benzene rings is 2. The van der Waals surface area contributed by atoms with Crippen LogP contribution in [0.1, 0.15) is 40.2 Å². The molecule has 5 nitrogen and oxygen atoms in total. The summed E-state index contributed by atoms with van der Waals surface area (Å²) in [6, 6.07) is 10.7. The van der Waals surface area contributed by atoms with Gasteiger partial charge in [-0.3, -0.25) is 4.79 Å². The number of hydrogen-bond acceptors (Lipinski definition) is 3. The van der Waals surface area contributed by atoms with Crippen molar-refractivity contribution in [3.05, 3.63) is 65.2 Å². The third kappa shape index (κ3) is 4.36. The number of nitrogens with zero attached hydrogens (tertiary/aromatic N) is 1. The molecule has 150 valence electrons. The maximum atomic E-state index is 12.6. The Balaban J connectivity index is 1.70. The van der Waals surface area contributed by atoms with E-state index in [0.717, 1.165) is 12.1 Å². The number of carbonyl (C=O) groups excluding carboxylic acids is 1. The van der Waals surface area contributed by atoms with Crippen molar-refractivity contribution in [1.29, 1.82) is 0 Å². The molecule has 2 N–H and O–H groups in total. The summed E-state index contributed by atoms with van der Waals surface area (Å²) in [5.41, 5.74) is 0.0189. The van der Waals surface area contributed by atoms with Crippen molar-refractivity contribution < 1.29 is 26.4 Å². The van der Waals surface area contributed by atoms with Gasteiger partial charge in [0.25, 0.3) is 5.91 Å². The molecule has 2 aromatic rings. The van der Waals surface area contributed by atoms with E-state index in [1.807, 2.05) is 0 Å². The van der Waals surface area contributed by atoms with Gasteiger partial charge in [-0.15, -0.1) is 0 Å². The van der Waals surface area contributed by atoms with Crippen LogP contribution in [0.4, 0.5) is 13.2 Å². The number of rotatable bonds is 3. The lowest BCUT2D eigenvalue weighted by Gasteiger charge is -2.33. The zero-order chi connectivity index (χ0) is 20.5. The molecule has 1 heterocycles. The molecular weight excluding hydrogens is 393 g/mol. The third-order valence-corrected chi connectivity index (χ3v) is 5.89. The quantitative estimate of drug-likeness (QED) is 0.839. The van der Waals surface area contributed by atoms with E-state index in [0.29, 0.717) is 31.5 Å². The Morgan fingerprint density at radius 3 is 2.11 bits per heavy atom. The van der Waals surface area contributed by atoms with Crippen LogP contribution in [-0.4, -0.2) is 32.3 Å². The Morgan fingerprint density at radius 1 is 1.00 bits per heavy atom. The highest BCUT2D eigenvalue weighted by molar-refractivity contribution is 7.89. The Labute approximate surface area is 161 Å². The van der Waals surface area contributed by atoms with Gasteiger partial charge in [-0.05, 0) is 54.7 Å². The SMILES string of the molecule is NS(=O)(=O)c1ccccc1C1CCN(C(=O)c2ccc(C(F)(F)F)cc2)CC1. The first-order valence-corrected chi connectivity index (χ1v) is 10.2. The number of sulfonamides is 1. The molecule has 0 aliphatic carbocycles. The average molecular weight is 412 g/mol. The van der Waals surface area contributed by atoms with Crippen LogP contribution in [0.3, 0.4) is 0 Å². The van der Waals surface area contributed by atoms with Gasteiger partial charge in [0.15, 0.2) is 0 Å². The number of alkyl halides is 3. The smallest absolute Gasteiger partial charge is 0.339 e. The van der Waals surface area contributed by atoms with E-state index in [9.17, 15) is 26.4 Å². The van der Waals surface area contributed by atoms with Gasteiger partial charge in [-0.1, -0.05) is 18.2 Å². The lowest BCUT2D eigenvalue weighted by atomic mass is 9.89. The fraction of sp³-hybridized carbons (Fsp3) is 0.316. The van der Waals surface area contributed by atoms with Crippen molar-refractivity contribution in [2.45, 2.75) is 29.8 Å². The monoisotopic (exact) mass is 412 g/mol. The van der Waals surface area contributed by atoms with Crippen molar-refractivity contribution in [2.24, 2.45) is 5.14 Å². The molecule has 0 spiro atoms. The first-order valence-electron chi connectivity index (χ1n) is 8.65. The van der Waals surface area contributed by atoms with Gasteiger partial charge in [0.05, 0.1) is 10.5 Å². The van der Waals surface area contributed by atoms with Gasteiger partial charge >= 0.3 is 6.18 Å². The maximum absolute atomic E-state index is 12.6. The fourth-order valence-electron chi connectivity index (χ4n) is 3.45. The molecule has 0 saturated carbocycles. The van der Waals surface area contributed by atoms with Crippen LogP contribution in [-0.2, 0) is 16.2 Å². The zero-order valence-electron chi connectivity index (χ0n) is 14.8. The minimum atomic E-state index is -4.45. The number of likely N-dealkylation sites (tertiary alicyclic amines) is 1. The normalized spacial score (nSPS) is 16.2. The second-order valence-corrected chi connectivity index (χ2v) is 8.25. The average Bonchev–Trinajstić information content (AvgIpc) is 2.66. The molecule has 1 amide bonds. The number of nitrogens with two attached hydrogens (primary N) is 1. The maximum Gasteiger partial charge on any atom is 0.416 e. The summed E-state index contributed by atoms with van der Waals surface area (Å²) in [5.74, 6) is -0.405. The first-order chi connectivity index (χ1) is 13.1. The van der Waals surface area contributed by atoms with Crippen LogP contribution >= 0.6 is 0 Å². The molecule has 9 heteroatoms. The number of primary sulfonamides is 1. The highest BCUT2D eigenvalue weighted by Crippen LogP contribution is 2.33. The number of amides is 1. The molecule has 0 atom stereocenters. The van der Waals surface area contributed by atoms with Gasteiger partial charge in [0, 0.05) is 18.7 Å². The van der Waals surface area contributed by atoms with E-state index in [1.165, 1.54) is 18.2 Å². The fourth-order valence-corrected chi connectivity index (χ4v) is 4.29. The lowest BCUT2D eigenvalue weighted by Crippen LogP contribution is -2.38. The molecule has 1 fully saturated rings. The van der Waals surface area contributed by atoms with Crippen LogP contribution in [0, 0.1) is 0 Å². The van der Waals surface area contributed by atoms with E-state index < -0.39 is 21.8 Å². The first kappa shape index (κ1) is 20.3. The molecule has 1 aliphatic heterocycles. The van der Waals surface area contributed by atoms with Crippen molar-refractivity contribution in [3.8, 4) is 0 Å². The summed E-state index contributed by atoms with van der Waals surface area (Å²) < 4.78 is 61.5. The van der Waals surface area contributed by atoms with Gasteiger partial charge in [0.1, 0.15) is 0 Å². The number of hydrogen-bond donors (Lipinski definition) is 1. The van der Waals surface area contributed by atoms with Crippen molar-refractivity contribution in [2.75, 3.05) is 13.1 Å². The third-order valence-electron chi connectivity index (χ3n) is 4.91. The van der Waals surface area contributed by atoms with Crippen LogP contribution < -0.4 is 5.14 Å². The van der Waals surface area contributed by atoms with Gasteiger partial charge in [0.2, 0.25) is 10.0 Å². The van der Waals surface area contributed by atoms with Crippen molar-refractivity contribution in [1.82, 2.24) is 4.90 Å². The predicted octanol–water partition coefficient (Wildman–Crippen LogP) is 3.37. The molecular formula is C19H19F3N2O3S. The highest BCUT2D eigenvalue weighted by Gasteiger charge is 2.31. The summed E-state index contributed by atoms with van der Waals surface area (Å²) >= 11 is 0. The standard InChI is InChI=1S/C19H19F3N2O3S/c20-19(21,22)15-7-5-14(6-8-15)18(25)24-11-9-13(10-12-24)16-3-1-2-4-17(16)28(23,26)27/h1-8,13H,9-12H2,(H2,23,26,27). The van der Waals surface area contributed by atoms with E-state index in [4.69, 9.17) is 5.14 Å². The predicted molar refractivity (Wildman–Crippen MR) is 97.1 cm³/mol. The van der Waals surface area contributed by atoms with Crippen LogP contribution in [0.2, 0.25) is 0 Å². The summed E-state index contributed by atoms with van der Waals surface area (Å²) in [6.45, 7) is 0.757. The molecule has 2 aromatic carbocycles. The molecule has 3 rings (SSSR count). The molecule has 0 aromatic heterocycles.